The molecular weight excluding hydrogens is 122 g/mol. The first-order valence-electron chi connectivity index (χ1n) is 3.44. The van der Waals surface area contributed by atoms with Crippen molar-refractivity contribution in [3.8, 4) is 24.7 Å². The van der Waals surface area contributed by atoms with Crippen LogP contribution in [0.5, 0.6) is 0 Å². The van der Waals surface area contributed by atoms with Crippen molar-refractivity contribution in [3.05, 3.63) is 0 Å². The van der Waals surface area contributed by atoms with Gasteiger partial charge in [-0.2, -0.15) is 0 Å². The second kappa shape index (κ2) is 6.20. The van der Waals surface area contributed by atoms with Crippen molar-refractivity contribution < 1.29 is 0 Å². The summed E-state index contributed by atoms with van der Waals surface area (Å²) in [5.74, 6) is 5.14. The molecule has 54 valence electrons. The molecule has 1 nitrogen and oxygen atoms in total. The second-order valence-electron chi connectivity index (χ2n) is 2.12. The van der Waals surface area contributed by atoms with Gasteiger partial charge in [0.15, 0.2) is 0 Å². The van der Waals surface area contributed by atoms with Gasteiger partial charge in [0.1, 0.15) is 0 Å². The molecular formula is C9H13N. The van der Waals surface area contributed by atoms with E-state index in [4.69, 9.17) is 12.8 Å². The van der Waals surface area contributed by atoms with Crippen LogP contribution in [0.15, 0.2) is 0 Å². The summed E-state index contributed by atoms with van der Waals surface area (Å²) in [6.45, 7) is 4.44. The van der Waals surface area contributed by atoms with Gasteiger partial charge in [0.05, 0.1) is 13.1 Å². The van der Waals surface area contributed by atoms with Crippen LogP contribution >= 0.6 is 0 Å². The molecule has 1 heteroatoms. The molecule has 0 aromatic heterocycles. The number of rotatable bonds is 4. The Labute approximate surface area is 63.4 Å². The minimum absolute atomic E-state index is 0.665. The number of terminal acetylenes is 2. The fourth-order valence-electron chi connectivity index (χ4n) is 0.788. The van der Waals surface area contributed by atoms with Crippen molar-refractivity contribution in [2.75, 3.05) is 19.6 Å². The van der Waals surface area contributed by atoms with E-state index in [-0.39, 0.29) is 0 Å². The average molecular weight is 135 g/mol. The maximum absolute atomic E-state index is 5.13. The third-order valence-corrected chi connectivity index (χ3v) is 1.17. The highest BCUT2D eigenvalue weighted by atomic mass is 15.1. The summed E-state index contributed by atoms with van der Waals surface area (Å²) in [5.41, 5.74) is 0. The van der Waals surface area contributed by atoms with E-state index >= 15 is 0 Å². The number of nitrogens with zero attached hydrogens (tertiary/aromatic N) is 1. The van der Waals surface area contributed by atoms with Gasteiger partial charge >= 0.3 is 0 Å². The van der Waals surface area contributed by atoms with Crippen LogP contribution in [-0.2, 0) is 0 Å². The highest BCUT2D eigenvalue weighted by Crippen LogP contribution is 1.87. The lowest BCUT2D eigenvalue weighted by molar-refractivity contribution is 0.346. The Kier molecular flexibility index (Phi) is 5.63. The Bertz CT molecular complexity index is 131. The van der Waals surface area contributed by atoms with Crippen molar-refractivity contribution in [3.63, 3.8) is 0 Å². The summed E-state index contributed by atoms with van der Waals surface area (Å²) < 4.78 is 0. The molecule has 0 aliphatic heterocycles. The standard InChI is InChI=1S/C9H13N/c1-4-7-10(8-5-2)9-6-3/h1-2H,6-9H2,3H3. The lowest BCUT2D eigenvalue weighted by Gasteiger charge is -2.14. The molecule has 10 heavy (non-hydrogen) atoms. The van der Waals surface area contributed by atoms with Crippen molar-refractivity contribution in [2.45, 2.75) is 13.3 Å². The summed E-state index contributed by atoms with van der Waals surface area (Å²) in [5, 5.41) is 0. The van der Waals surface area contributed by atoms with Crippen molar-refractivity contribution >= 4 is 0 Å². The van der Waals surface area contributed by atoms with Gasteiger partial charge in [0, 0.05) is 0 Å². The molecule has 0 spiro atoms. The Morgan fingerprint density at radius 1 is 1.20 bits per heavy atom. The number of hydrogen-bond donors (Lipinski definition) is 0. The Morgan fingerprint density at radius 2 is 1.70 bits per heavy atom. The summed E-state index contributed by atoms with van der Waals surface area (Å²) >= 11 is 0. The molecule has 0 saturated carbocycles. The van der Waals surface area contributed by atoms with Crippen LogP contribution in [0.3, 0.4) is 0 Å². The average Bonchev–Trinajstić information content (AvgIpc) is 1.90. The largest absolute Gasteiger partial charge is 0.281 e. The first-order chi connectivity index (χ1) is 4.85. The fourth-order valence-corrected chi connectivity index (χ4v) is 0.788. The highest BCUT2D eigenvalue weighted by Gasteiger charge is 1.96. The second-order valence-corrected chi connectivity index (χ2v) is 2.12. The molecule has 0 rings (SSSR count). The molecule has 0 aromatic carbocycles. The van der Waals surface area contributed by atoms with Gasteiger partial charge in [-0.25, -0.2) is 0 Å². The topological polar surface area (TPSA) is 3.24 Å². The first kappa shape index (κ1) is 9.08. The van der Waals surface area contributed by atoms with Gasteiger partial charge in [-0.1, -0.05) is 18.8 Å². The Balaban J connectivity index is 3.54. The Morgan fingerprint density at radius 3 is 2.00 bits per heavy atom. The smallest absolute Gasteiger partial charge is 0.0607 e. The first-order valence-corrected chi connectivity index (χ1v) is 3.44. The van der Waals surface area contributed by atoms with E-state index in [0.29, 0.717) is 13.1 Å². The zero-order chi connectivity index (χ0) is 7.82. The van der Waals surface area contributed by atoms with Crippen molar-refractivity contribution in [2.24, 2.45) is 0 Å². The van der Waals surface area contributed by atoms with Crippen LogP contribution in [0.4, 0.5) is 0 Å². The summed E-state index contributed by atoms with van der Waals surface area (Å²) in [6, 6.07) is 0. The van der Waals surface area contributed by atoms with Gasteiger partial charge < -0.3 is 0 Å². The number of hydrogen-bond acceptors (Lipinski definition) is 1. The normalized spacial score (nSPS) is 8.80. The van der Waals surface area contributed by atoms with Gasteiger partial charge in [-0.05, 0) is 13.0 Å². The van der Waals surface area contributed by atoms with E-state index in [2.05, 4.69) is 23.7 Å². The van der Waals surface area contributed by atoms with Crippen LogP contribution in [0.25, 0.3) is 0 Å². The van der Waals surface area contributed by atoms with E-state index in [0.717, 1.165) is 13.0 Å². The van der Waals surface area contributed by atoms with Gasteiger partial charge in [0.2, 0.25) is 0 Å². The fraction of sp³-hybridized carbons (Fsp3) is 0.556. The molecule has 0 aliphatic rings. The predicted octanol–water partition coefficient (Wildman–Crippen LogP) is 0.965. The monoisotopic (exact) mass is 135 g/mol. The maximum Gasteiger partial charge on any atom is 0.0607 e. The third-order valence-electron chi connectivity index (χ3n) is 1.17. The molecule has 0 aliphatic carbocycles. The SMILES string of the molecule is C#CCN(CC#C)CCC. The van der Waals surface area contributed by atoms with E-state index in [1.807, 2.05) is 0 Å². The molecule has 0 unspecified atom stereocenters. The quantitative estimate of drug-likeness (QED) is 0.519. The molecule has 0 fully saturated rings. The van der Waals surface area contributed by atoms with Crippen LogP contribution < -0.4 is 0 Å². The van der Waals surface area contributed by atoms with E-state index < -0.39 is 0 Å². The van der Waals surface area contributed by atoms with Crippen LogP contribution in [-0.4, -0.2) is 24.5 Å². The molecule has 0 radical (unpaired) electrons. The molecule has 0 N–H and O–H groups in total. The maximum atomic E-state index is 5.13. The van der Waals surface area contributed by atoms with Gasteiger partial charge in [0.25, 0.3) is 0 Å². The predicted molar refractivity (Wildman–Crippen MR) is 44.4 cm³/mol. The zero-order valence-electron chi connectivity index (χ0n) is 6.43. The third kappa shape index (κ3) is 4.01. The molecule has 0 aromatic rings. The van der Waals surface area contributed by atoms with Gasteiger partial charge in [-0.15, -0.1) is 12.8 Å². The van der Waals surface area contributed by atoms with Crippen molar-refractivity contribution in [1.29, 1.82) is 0 Å². The molecule has 0 saturated heterocycles. The van der Waals surface area contributed by atoms with Crippen LogP contribution in [0.1, 0.15) is 13.3 Å². The summed E-state index contributed by atoms with van der Waals surface area (Å²) in [7, 11) is 0. The van der Waals surface area contributed by atoms with E-state index in [9.17, 15) is 0 Å². The summed E-state index contributed by atoms with van der Waals surface area (Å²) in [4.78, 5) is 2.07. The molecule has 0 atom stereocenters. The minimum atomic E-state index is 0.665. The van der Waals surface area contributed by atoms with E-state index in [1.54, 1.807) is 0 Å². The lowest BCUT2D eigenvalue weighted by Crippen LogP contribution is -2.25. The van der Waals surface area contributed by atoms with Crippen LogP contribution in [0.2, 0.25) is 0 Å². The minimum Gasteiger partial charge on any atom is -0.281 e. The molecule has 0 bridgehead atoms. The van der Waals surface area contributed by atoms with Gasteiger partial charge in [-0.3, -0.25) is 4.90 Å². The molecule has 0 heterocycles. The van der Waals surface area contributed by atoms with Crippen LogP contribution in [0, 0.1) is 24.7 Å². The Hall–Kier alpha value is -0.920. The lowest BCUT2D eigenvalue weighted by atomic mass is 10.4. The zero-order valence-corrected chi connectivity index (χ0v) is 6.43. The van der Waals surface area contributed by atoms with Crippen molar-refractivity contribution in [1.82, 2.24) is 4.90 Å². The molecule has 0 amide bonds. The van der Waals surface area contributed by atoms with E-state index in [1.165, 1.54) is 0 Å². The summed E-state index contributed by atoms with van der Waals surface area (Å²) in [6.07, 6.45) is 11.4. The highest BCUT2D eigenvalue weighted by molar-refractivity contribution is 4.94.